The summed E-state index contributed by atoms with van der Waals surface area (Å²) in [6.45, 7) is 6.65. The summed E-state index contributed by atoms with van der Waals surface area (Å²) in [6.07, 6.45) is 4.23. The van der Waals surface area contributed by atoms with Crippen molar-refractivity contribution in [2.45, 2.75) is 146 Å². The van der Waals surface area contributed by atoms with E-state index in [-0.39, 0.29) is 60.9 Å². The largest absolute Gasteiger partial charge is 0.495 e. The van der Waals surface area contributed by atoms with Crippen LogP contribution in [0.4, 0.5) is 20.1 Å². The van der Waals surface area contributed by atoms with Crippen molar-refractivity contribution in [2.24, 2.45) is 5.92 Å². The molecule has 6 rings (SSSR count). The van der Waals surface area contributed by atoms with Crippen molar-refractivity contribution in [3.05, 3.63) is 58.7 Å². The summed E-state index contributed by atoms with van der Waals surface area (Å²) in [5, 5.41) is 14.6. The number of amides is 7. The summed E-state index contributed by atoms with van der Waals surface area (Å²) in [5.41, 5.74) is -1.24. The molecule has 24 nitrogen and oxygen atoms in total. The highest BCUT2D eigenvalue weighted by atomic mass is 35.5. The fraction of sp³-hybridized carbons (Fsp3) is 0.618. The van der Waals surface area contributed by atoms with E-state index in [0.29, 0.717) is 48.6 Å². The number of benzene rings is 1. The Bertz CT molecular complexity index is 2620. The summed E-state index contributed by atoms with van der Waals surface area (Å²) >= 11 is 7.71. The van der Waals surface area contributed by atoms with Gasteiger partial charge in [0, 0.05) is 85.7 Å². The maximum absolute atomic E-state index is 14.4. The Hall–Kier alpha value is -6.25. The number of nitrogens with zero attached hydrogens (tertiary/aromatic N) is 5. The molecular weight excluding hydrogens is 1100 g/mol. The van der Waals surface area contributed by atoms with E-state index in [1.807, 2.05) is 13.0 Å². The number of alkyl carbamates (subject to hydrolysis) is 1. The molecule has 0 aromatic heterocycles. The van der Waals surface area contributed by atoms with Crippen molar-refractivity contribution < 1.29 is 86.3 Å². The second-order valence-corrected chi connectivity index (χ2v) is 22.5. The molecule has 4 aliphatic heterocycles. The number of rotatable bonds is 16. The number of nitrogens with one attached hydrogen (secondary N) is 1. The zero-order chi connectivity index (χ0) is 59.5. The molecule has 3 fully saturated rings. The predicted molar refractivity (Wildman–Crippen MR) is 293 cm³/mol. The Kier molecular flexibility index (Phi) is 22.2. The SMILES string of the molecule is COc1cc2cc(c1Cl)N(C)C(=O)C[C@H](OC(=O)[C@H](C)N(C)C(=O)CCSC(=O)N(C)CCN(C)C(=O)OC1/C=C/CC(OCC(=O)ON3C(=O)CCC3=O)CCC1)[C@]1(C)O[C@H]1[C@H](C)[C@@H]1C[C@@](O)(NC(=O)O1)[C@H](OC)/C=C/C=C(\C)C2. The molecule has 81 heavy (non-hydrogen) atoms. The number of epoxide rings is 1. The van der Waals surface area contributed by atoms with Gasteiger partial charge in [0.05, 0.1) is 31.4 Å². The summed E-state index contributed by atoms with van der Waals surface area (Å²) in [5.74, 6) is -4.06. The van der Waals surface area contributed by atoms with Gasteiger partial charge < -0.3 is 62.7 Å². The minimum Gasteiger partial charge on any atom is -0.495 e. The van der Waals surface area contributed by atoms with Crippen LogP contribution in [0.1, 0.15) is 91.0 Å². The molecule has 3 saturated heterocycles. The second kappa shape index (κ2) is 28.2. The number of imide groups is 1. The van der Waals surface area contributed by atoms with Gasteiger partial charge in [-0.15, -0.1) is 5.06 Å². The fourth-order valence-corrected chi connectivity index (χ4v) is 10.9. The quantitative estimate of drug-likeness (QED) is 0.0703. The van der Waals surface area contributed by atoms with Gasteiger partial charge in [-0.25, -0.2) is 19.2 Å². The highest BCUT2D eigenvalue weighted by Crippen LogP contribution is 2.49. The van der Waals surface area contributed by atoms with Gasteiger partial charge in [-0.3, -0.25) is 29.3 Å². The Morgan fingerprint density at radius 2 is 1.69 bits per heavy atom. The highest BCUT2D eigenvalue weighted by Gasteiger charge is 2.64. The fourth-order valence-electron chi connectivity index (χ4n) is 9.80. The predicted octanol–water partition coefficient (Wildman–Crippen LogP) is 5.25. The Balaban J connectivity index is 1.01. The van der Waals surface area contributed by atoms with Crippen LogP contribution in [-0.4, -0.2) is 200 Å². The van der Waals surface area contributed by atoms with Crippen LogP contribution in [0.2, 0.25) is 5.02 Å². The third kappa shape index (κ3) is 16.5. The average molecular weight is 1180 g/mol. The van der Waals surface area contributed by atoms with Crippen molar-refractivity contribution >= 4 is 82.0 Å². The van der Waals surface area contributed by atoms with Crippen molar-refractivity contribution in [2.75, 3.05) is 72.8 Å². The summed E-state index contributed by atoms with van der Waals surface area (Å²) in [4.78, 5) is 127. The van der Waals surface area contributed by atoms with Crippen LogP contribution in [0.15, 0.2) is 48.1 Å². The molecule has 2 unspecified atom stereocenters. The van der Waals surface area contributed by atoms with E-state index in [1.165, 1.54) is 54.8 Å². The molecule has 2 N–H and O–H groups in total. The van der Waals surface area contributed by atoms with E-state index in [0.717, 1.165) is 22.9 Å². The number of thioether (sulfide) groups is 1. The number of aliphatic hydroxyl groups is 1. The van der Waals surface area contributed by atoms with Gasteiger partial charge in [-0.05, 0) is 76.6 Å². The summed E-state index contributed by atoms with van der Waals surface area (Å²) in [7, 11) is 8.93. The number of hydrogen-bond donors (Lipinski definition) is 2. The molecule has 4 heterocycles. The number of likely N-dealkylation sites (N-methyl/N-ethyl adjacent to an activating group) is 3. The molecule has 0 radical (unpaired) electrons. The number of methoxy groups -OCH3 is 2. The van der Waals surface area contributed by atoms with Crippen molar-refractivity contribution in [3.63, 3.8) is 0 Å². The first-order valence-corrected chi connectivity index (χ1v) is 28.1. The van der Waals surface area contributed by atoms with E-state index in [4.69, 9.17) is 49.6 Å². The van der Waals surface area contributed by atoms with Crippen molar-refractivity contribution in [3.8, 4) is 5.75 Å². The molecule has 10 atom stereocenters. The molecule has 1 aliphatic carbocycles. The number of allylic oxidation sites excluding steroid dienone is 3. The molecule has 0 saturated carbocycles. The number of hydrogen-bond acceptors (Lipinski definition) is 19. The minimum atomic E-state index is -1.89. The zero-order valence-corrected chi connectivity index (χ0v) is 49.0. The molecule has 1 aromatic carbocycles. The molecule has 0 spiro atoms. The number of esters is 1. The first-order chi connectivity index (χ1) is 38.3. The van der Waals surface area contributed by atoms with E-state index in [9.17, 15) is 48.3 Å². The van der Waals surface area contributed by atoms with Crippen LogP contribution in [0.3, 0.4) is 0 Å². The van der Waals surface area contributed by atoms with Crippen molar-refractivity contribution in [1.82, 2.24) is 25.1 Å². The van der Waals surface area contributed by atoms with E-state index >= 15 is 0 Å². The highest BCUT2D eigenvalue weighted by molar-refractivity contribution is 8.13. The number of hydroxylamine groups is 2. The van der Waals surface area contributed by atoms with Gasteiger partial charge in [0.15, 0.2) is 5.72 Å². The lowest BCUT2D eigenvalue weighted by molar-refractivity contribution is -0.201. The second-order valence-electron chi connectivity index (χ2n) is 21.1. The van der Waals surface area contributed by atoms with E-state index in [2.05, 4.69) is 5.32 Å². The molecule has 1 aromatic rings. The lowest BCUT2D eigenvalue weighted by Crippen LogP contribution is -2.63. The molecule has 446 valence electrons. The van der Waals surface area contributed by atoms with Crippen LogP contribution in [-0.2, 0) is 68.4 Å². The molecular formula is C55H75ClN6O18S. The summed E-state index contributed by atoms with van der Waals surface area (Å²) in [6, 6.07) is 2.35. The minimum absolute atomic E-state index is 0.0121. The standard InChI is InChI=1S/C55H75ClN6O18S/c1-32-14-11-19-41(74-10)55(72)30-40(77-51(69)57-55)33(2)49-54(4,79-49)42(29-46(66)61(8)38-27-35(26-32)28-39(73-9)48(38)56)78-50(68)34(3)60(7)43(63)22-25-81-53(71)59(6)24-23-58(5)52(70)76-37-17-12-15-36(16-13-18-37)75-31-47(67)80-62-44(64)20-21-45(62)65/h11-12,14,17,19,27-28,33-34,36-37,40-42,49,72H,13,15-16,18,20-26,29-31H2,1-10H3,(H,57,69)/b17-12+,19-11+,32-14+/t33-,34+,36?,37?,40+,41-,42+,49+,54+,55+/m1/s1. The van der Waals surface area contributed by atoms with Gasteiger partial charge in [-0.2, -0.15) is 0 Å². The zero-order valence-electron chi connectivity index (χ0n) is 47.5. The van der Waals surface area contributed by atoms with Crippen LogP contribution >= 0.6 is 23.4 Å². The maximum atomic E-state index is 14.4. The van der Waals surface area contributed by atoms with Gasteiger partial charge in [0.25, 0.3) is 17.1 Å². The van der Waals surface area contributed by atoms with Crippen LogP contribution in [0.25, 0.3) is 0 Å². The normalized spacial score (nSPS) is 28.7. The smallest absolute Gasteiger partial charge is 0.410 e. The number of anilines is 1. The van der Waals surface area contributed by atoms with Crippen LogP contribution in [0, 0.1) is 5.92 Å². The number of carbonyl (C=O) groups is 9. The molecule has 5 aliphatic rings. The van der Waals surface area contributed by atoms with Crippen molar-refractivity contribution in [1.29, 1.82) is 0 Å². The first-order valence-electron chi connectivity index (χ1n) is 26.8. The third-order valence-electron chi connectivity index (χ3n) is 15.1. The third-order valence-corrected chi connectivity index (χ3v) is 16.5. The van der Waals surface area contributed by atoms with E-state index < -0.39 is 115 Å². The Morgan fingerprint density at radius 3 is 2.38 bits per heavy atom. The van der Waals surface area contributed by atoms with Crippen LogP contribution < -0.4 is 15.0 Å². The Labute approximate surface area is 480 Å². The maximum Gasteiger partial charge on any atom is 0.410 e. The number of carbonyl (C=O) groups excluding carboxylic acids is 9. The van der Waals surface area contributed by atoms with E-state index in [1.54, 1.807) is 64.4 Å². The summed E-state index contributed by atoms with van der Waals surface area (Å²) < 4.78 is 40.8. The topological polar surface area (TPSA) is 279 Å². The van der Waals surface area contributed by atoms with Crippen LogP contribution in [0.5, 0.6) is 5.75 Å². The lowest BCUT2D eigenvalue weighted by atomic mass is 9.83. The number of halogens is 1. The molecule has 26 heteroatoms. The van der Waals surface area contributed by atoms with Gasteiger partial charge >= 0.3 is 24.1 Å². The molecule has 7 amide bonds. The first kappa shape index (κ1) is 63.9. The van der Waals surface area contributed by atoms with Gasteiger partial charge in [0.2, 0.25) is 11.8 Å². The van der Waals surface area contributed by atoms with Gasteiger partial charge in [-0.1, -0.05) is 60.2 Å². The number of fused-ring (bicyclic) bond motifs is 5. The van der Waals surface area contributed by atoms with Gasteiger partial charge in [0.1, 0.15) is 53.4 Å². The number of ether oxygens (including phenoxy) is 7. The monoisotopic (exact) mass is 1170 g/mol. The lowest BCUT2D eigenvalue weighted by Gasteiger charge is -2.42. The Morgan fingerprint density at radius 1 is 0.988 bits per heavy atom. The average Bonchev–Trinajstić information content (AvgIpc) is 4.03. The molecule has 4 bridgehead atoms.